The number of hydrogen-bond acceptors (Lipinski definition) is 4. The Morgan fingerprint density at radius 1 is 1.29 bits per heavy atom. The van der Waals surface area contributed by atoms with Crippen LogP contribution in [0.5, 0.6) is 0 Å². The lowest BCUT2D eigenvalue weighted by atomic mass is 9.53. The van der Waals surface area contributed by atoms with E-state index in [1.165, 1.54) is 24.8 Å². The van der Waals surface area contributed by atoms with Gasteiger partial charge >= 0.3 is 5.97 Å². The minimum absolute atomic E-state index is 0.0184. The van der Waals surface area contributed by atoms with Crippen molar-refractivity contribution in [1.29, 1.82) is 0 Å². The molecule has 5 atom stereocenters. The lowest BCUT2D eigenvalue weighted by Crippen LogP contribution is -2.60. The fourth-order valence-corrected chi connectivity index (χ4v) is 5.59. The van der Waals surface area contributed by atoms with Crippen LogP contribution in [0.1, 0.15) is 71.1 Å². The molecule has 0 radical (unpaired) electrons. The third kappa shape index (κ3) is 4.52. The van der Waals surface area contributed by atoms with Crippen molar-refractivity contribution in [2.45, 2.75) is 88.9 Å². The van der Waals surface area contributed by atoms with Crippen molar-refractivity contribution in [3.63, 3.8) is 0 Å². The first-order chi connectivity index (χ1) is 13.5. The minimum atomic E-state index is -0.783. The first-order valence-corrected chi connectivity index (χ1v) is 11.1. The smallest absolute Gasteiger partial charge is 0.303 e. The molecule has 158 valence electrons. The van der Waals surface area contributed by atoms with Crippen LogP contribution in [-0.2, 0) is 9.53 Å². The minimum Gasteiger partial charge on any atom is -0.481 e. The van der Waals surface area contributed by atoms with Crippen LogP contribution < -0.4 is 0 Å². The van der Waals surface area contributed by atoms with Gasteiger partial charge in [0.2, 0.25) is 0 Å². The molecule has 5 nitrogen and oxygen atoms in total. The molecule has 0 aromatic carbocycles. The molecule has 1 unspecified atom stereocenters. The molecule has 3 aliphatic rings. The number of carboxylic acids is 1. The maximum absolute atomic E-state index is 10.8. The number of ether oxygens (including phenoxy) is 1. The summed E-state index contributed by atoms with van der Waals surface area (Å²) >= 11 is 0. The monoisotopic (exact) mass is 392 g/mol. The van der Waals surface area contributed by atoms with E-state index in [-0.39, 0.29) is 23.9 Å². The number of rotatable bonds is 8. The van der Waals surface area contributed by atoms with E-state index in [4.69, 9.17) is 9.84 Å². The summed E-state index contributed by atoms with van der Waals surface area (Å²) in [6.07, 6.45) is 13.9. The fourth-order valence-electron chi connectivity index (χ4n) is 5.59. The van der Waals surface area contributed by atoms with Gasteiger partial charge in [0.15, 0.2) is 0 Å². The first-order valence-electron chi connectivity index (χ1n) is 11.1. The normalized spacial score (nSPS) is 36.2. The maximum atomic E-state index is 10.8. The highest BCUT2D eigenvalue weighted by molar-refractivity contribution is 5.66. The average molecular weight is 393 g/mol. The summed E-state index contributed by atoms with van der Waals surface area (Å²) in [4.78, 5) is 10.8. The van der Waals surface area contributed by atoms with Crippen molar-refractivity contribution in [2.75, 3.05) is 6.61 Å². The predicted molar refractivity (Wildman–Crippen MR) is 108 cm³/mol. The van der Waals surface area contributed by atoms with Crippen LogP contribution in [0.3, 0.4) is 0 Å². The van der Waals surface area contributed by atoms with Crippen molar-refractivity contribution in [3.05, 3.63) is 23.8 Å². The summed E-state index contributed by atoms with van der Waals surface area (Å²) < 4.78 is 6.22. The molecule has 0 heterocycles. The standard InChI is InChI=1S/C23H36O5/c1-2-28-23-14-13-21(25)18(11-12-20(24)16-7-4-3-5-8-16)19(23)15-17(23)9-6-10-22(26)27/h9,11-12,16,18-21,24-25H,2-8,10,13-15H2,1H3,(H,26,27)/t18-,19-,20?,21-,23+/m1/s1. The summed E-state index contributed by atoms with van der Waals surface area (Å²) in [6.45, 7) is 2.59. The van der Waals surface area contributed by atoms with Crippen LogP contribution in [-0.4, -0.2) is 45.7 Å². The summed E-state index contributed by atoms with van der Waals surface area (Å²) in [6, 6.07) is 0. The number of fused-ring (bicyclic) bond motifs is 1. The van der Waals surface area contributed by atoms with Gasteiger partial charge in [-0.25, -0.2) is 0 Å². The van der Waals surface area contributed by atoms with Crippen molar-refractivity contribution in [1.82, 2.24) is 0 Å². The number of aliphatic carboxylic acids is 1. The Bertz CT molecular complexity index is 592. The molecule has 3 saturated carbocycles. The molecular formula is C23H36O5. The van der Waals surface area contributed by atoms with Gasteiger partial charge in [-0.05, 0) is 56.9 Å². The number of allylic oxidation sites excluding steroid dienone is 1. The van der Waals surface area contributed by atoms with Crippen LogP contribution in [0.25, 0.3) is 0 Å². The van der Waals surface area contributed by atoms with Crippen LogP contribution in [0.4, 0.5) is 0 Å². The van der Waals surface area contributed by atoms with Crippen LogP contribution >= 0.6 is 0 Å². The Balaban J connectivity index is 1.70. The van der Waals surface area contributed by atoms with Gasteiger partial charge in [-0.1, -0.05) is 37.5 Å². The zero-order chi connectivity index (χ0) is 20.1. The second kappa shape index (κ2) is 9.55. The highest BCUT2D eigenvalue weighted by Crippen LogP contribution is 2.57. The van der Waals surface area contributed by atoms with Gasteiger partial charge in [-0.3, -0.25) is 4.79 Å². The quantitative estimate of drug-likeness (QED) is 0.546. The molecule has 3 N–H and O–H groups in total. The highest BCUT2D eigenvalue weighted by Gasteiger charge is 2.58. The zero-order valence-electron chi connectivity index (χ0n) is 17.1. The van der Waals surface area contributed by atoms with E-state index >= 15 is 0 Å². The molecule has 3 fully saturated rings. The van der Waals surface area contributed by atoms with Gasteiger partial charge in [0.05, 0.1) is 17.8 Å². The molecule has 0 amide bonds. The number of aliphatic hydroxyl groups excluding tert-OH is 2. The SMILES string of the molecule is CCO[C@]12CC[C@@H](O)[C@H](C=CC(O)C3CCCCC3)[C@H]1CC2=CCCC(=O)O. The van der Waals surface area contributed by atoms with E-state index in [0.29, 0.717) is 25.4 Å². The van der Waals surface area contributed by atoms with Crippen LogP contribution in [0, 0.1) is 17.8 Å². The van der Waals surface area contributed by atoms with Crippen LogP contribution in [0.2, 0.25) is 0 Å². The van der Waals surface area contributed by atoms with E-state index in [1.54, 1.807) is 0 Å². The van der Waals surface area contributed by atoms with Crippen molar-refractivity contribution in [2.24, 2.45) is 17.8 Å². The second-order valence-corrected chi connectivity index (χ2v) is 8.75. The maximum Gasteiger partial charge on any atom is 0.303 e. The van der Waals surface area contributed by atoms with E-state index in [0.717, 1.165) is 25.7 Å². The molecular weight excluding hydrogens is 356 g/mol. The fraction of sp³-hybridized carbons (Fsp3) is 0.783. The Kier molecular flexibility index (Phi) is 7.35. The lowest BCUT2D eigenvalue weighted by molar-refractivity contribution is -0.155. The van der Waals surface area contributed by atoms with E-state index in [1.807, 2.05) is 25.2 Å². The number of aliphatic hydroxyl groups is 2. The molecule has 0 saturated heterocycles. The van der Waals surface area contributed by atoms with Crippen molar-refractivity contribution < 1.29 is 24.9 Å². The molecule has 0 aromatic rings. The predicted octanol–water partition coefficient (Wildman–Crippen LogP) is 3.84. The Labute approximate surface area is 168 Å². The van der Waals surface area contributed by atoms with E-state index in [9.17, 15) is 15.0 Å². The Hall–Kier alpha value is -1.17. The average Bonchev–Trinajstić information content (AvgIpc) is 2.68. The number of carbonyl (C=O) groups is 1. The molecule has 3 rings (SSSR count). The summed E-state index contributed by atoms with van der Waals surface area (Å²) in [5, 5.41) is 30.1. The lowest BCUT2D eigenvalue weighted by Gasteiger charge is -2.58. The van der Waals surface area contributed by atoms with Gasteiger partial charge in [0, 0.05) is 24.9 Å². The zero-order valence-corrected chi connectivity index (χ0v) is 17.1. The topological polar surface area (TPSA) is 87.0 Å². The molecule has 0 spiro atoms. The number of carboxylic acid groups (broad SMARTS) is 1. The Morgan fingerprint density at radius 3 is 2.71 bits per heavy atom. The van der Waals surface area contributed by atoms with Gasteiger partial charge in [0.25, 0.3) is 0 Å². The summed E-state index contributed by atoms with van der Waals surface area (Å²) in [5.41, 5.74) is 0.829. The highest BCUT2D eigenvalue weighted by atomic mass is 16.5. The van der Waals surface area contributed by atoms with E-state index < -0.39 is 18.2 Å². The third-order valence-corrected chi connectivity index (χ3v) is 7.12. The van der Waals surface area contributed by atoms with Crippen molar-refractivity contribution in [3.8, 4) is 0 Å². The van der Waals surface area contributed by atoms with Gasteiger partial charge in [0.1, 0.15) is 0 Å². The van der Waals surface area contributed by atoms with Crippen molar-refractivity contribution >= 4 is 5.97 Å². The largest absolute Gasteiger partial charge is 0.481 e. The molecule has 0 aliphatic heterocycles. The van der Waals surface area contributed by atoms with Crippen LogP contribution in [0.15, 0.2) is 23.8 Å². The van der Waals surface area contributed by atoms with Gasteiger partial charge < -0.3 is 20.1 Å². The van der Waals surface area contributed by atoms with E-state index in [2.05, 4.69) is 0 Å². The first kappa shape index (κ1) is 21.5. The molecule has 3 aliphatic carbocycles. The molecule has 28 heavy (non-hydrogen) atoms. The second-order valence-electron chi connectivity index (χ2n) is 8.75. The molecule has 0 bridgehead atoms. The van der Waals surface area contributed by atoms with Gasteiger partial charge in [-0.2, -0.15) is 0 Å². The molecule has 5 heteroatoms. The summed E-state index contributed by atoms with van der Waals surface area (Å²) in [5.74, 6) is -0.262. The number of hydrogen-bond donors (Lipinski definition) is 3. The Morgan fingerprint density at radius 2 is 2.04 bits per heavy atom. The molecule has 0 aromatic heterocycles. The van der Waals surface area contributed by atoms with Gasteiger partial charge in [-0.15, -0.1) is 0 Å². The third-order valence-electron chi connectivity index (χ3n) is 7.12. The summed E-state index contributed by atoms with van der Waals surface area (Å²) in [7, 11) is 0.